The molecule has 1 aromatic heterocycles. The first-order valence-electron chi connectivity index (χ1n) is 8.79. The minimum absolute atomic E-state index is 0.900. The third kappa shape index (κ3) is 3.12. The average molecular weight is 333 g/mol. The summed E-state index contributed by atoms with van der Waals surface area (Å²) in [5.74, 6) is 2.06. The second kappa shape index (κ2) is 6.63. The van der Waals surface area contributed by atoms with Gasteiger partial charge in [0, 0.05) is 12.1 Å². The van der Waals surface area contributed by atoms with Crippen LogP contribution in [0, 0.1) is 6.92 Å². The highest BCUT2D eigenvalue weighted by molar-refractivity contribution is 5.57. The van der Waals surface area contributed by atoms with Crippen LogP contribution in [0.2, 0.25) is 0 Å². The number of aryl methyl sites for hydroxylation is 3. The Hall–Kier alpha value is -2.75. The van der Waals surface area contributed by atoms with Gasteiger partial charge in [-0.15, -0.1) is 0 Å². The quantitative estimate of drug-likeness (QED) is 0.768. The van der Waals surface area contributed by atoms with Gasteiger partial charge < -0.3 is 10.1 Å². The van der Waals surface area contributed by atoms with Crippen LogP contribution in [0.1, 0.15) is 22.4 Å². The molecule has 0 amide bonds. The van der Waals surface area contributed by atoms with Crippen molar-refractivity contribution in [1.29, 1.82) is 0 Å². The summed E-state index contributed by atoms with van der Waals surface area (Å²) in [5.41, 5.74) is 6.27. The lowest BCUT2D eigenvalue weighted by atomic mass is 10.1. The molecular weight excluding hydrogens is 310 g/mol. The van der Waals surface area contributed by atoms with Crippen LogP contribution in [0.5, 0.6) is 5.75 Å². The van der Waals surface area contributed by atoms with Gasteiger partial charge >= 0.3 is 0 Å². The van der Waals surface area contributed by atoms with Crippen molar-refractivity contribution >= 4 is 5.82 Å². The average Bonchev–Trinajstić information content (AvgIpc) is 3.24. The zero-order valence-electron chi connectivity index (χ0n) is 14.7. The number of ether oxygens (including phenoxy) is 1. The molecule has 1 aliphatic heterocycles. The predicted octanol–water partition coefficient (Wildman–Crippen LogP) is 3.94. The second-order valence-corrected chi connectivity index (χ2v) is 6.55. The number of hydrogen-bond donors (Lipinski definition) is 1. The predicted molar refractivity (Wildman–Crippen MR) is 101 cm³/mol. The van der Waals surface area contributed by atoms with Crippen LogP contribution < -0.4 is 10.1 Å². The molecule has 0 unspecified atom stereocenters. The Morgan fingerprint density at radius 2 is 1.80 bits per heavy atom. The molecule has 0 bridgehead atoms. The number of rotatable bonds is 5. The molecule has 4 heteroatoms. The Kier molecular flexibility index (Phi) is 4.18. The molecule has 0 fully saturated rings. The molecule has 25 heavy (non-hydrogen) atoms. The molecule has 0 saturated heterocycles. The molecule has 3 aromatic rings. The van der Waals surface area contributed by atoms with Gasteiger partial charge in [-0.2, -0.15) is 5.10 Å². The fraction of sp³-hybridized carbons (Fsp3) is 0.286. The minimum Gasteiger partial charge on any atom is -0.497 e. The Morgan fingerprint density at radius 1 is 1.04 bits per heavy atom. The molecule has 0 saturated carbocycles. The minimum atomic E-state index is 0.900. The first-order chi connectivity index (χ1) is 12.2. The van der Waals surface area contributed by atoms with E-state index in [4.69, 9.17) is 9.84 Å². The van der Waals surface area contributed by atoms with Crippen molar-refractivity contribution in [2.75, 3.05) is 19.0 Å². The van der Waals surface area contributed by atoms with Crippen LogP contribution in [0.4, 0.5) is 5.82 Å². The van der Waals surface area contributed by atoms with E-state index in [0.29, 0.717) is 0 Å². The Bertz CT molecular complexity index is 863. The van der Waals surface area contributed by atoms with Crippen molar-refractivity contribution in [1.82, 2.24) is 9.78 Å². The summed E-state index contributed by atoms with van der Waals surface area (Å²) in [7, 11) is 1.70. The highest BCUT2D eigenvalue weighted by Crippen LogP contribution is 2.29. The van der Waals surface area contributed by atoms with E-state index in [2.05, 4.69) is 53.3 Å². The van der Waals surface area contributed by atoms with Crippen LogP contribution in [-0.4, -0.2) is 23.4 Å². The third-order valence-corrected chi connectivity index (χ3v) is 4.82. The van der Waals surface area contributed by atoms with E-state index in [-0.39, 0.29) is 0 Å². The van der Waals surface area contributed by atoms with Gasteiger partial charge in [0.1, 0.15) is 11.6 Å². The maximum Gasteiger partial charge on any atom is 0.133 e. The molecule has 1 aliphatic rings. The Morgan fingerprint density at radius 3 is 2.52 bits per heavy atom. The fourth-order valence-electron chi connectivity index (χ4n) is 3.37. The van der Waals surface area contributed by atoms with E-state index in [1.807, 2.05) is 12.1 Å². The number of anilines is 1. The number of nitrogens with one attached hydrogen (secondary N) is 1. The lowest BCUT2D eigenvalue weighted by Crippen LogP contribution is -2.05. The molecule has 2 heterocycles. The molecule has 0 spiro atoms. The van der Waals surface area contributed by atoms with Crippen molar-refractivity contribution < 1.29 is 4.74 Å². The summed E-state index contributed by atoms with van der Waals surface area (Å²) in [5, 5.41) is 8.41. The van der Waals surface area contributed by atoms with Gasteiger partial charge in [0.2, 0.25) is 0 Å². The number of methoxy groups -OCH3 is 1. The summed E-state index contributed by atoms with van der Waals surface area (Å²) < 4.78 is 7.29. The molecule has 0 aliphatic carbocycles. The van der Waals surface area contributed by atoms with Gasteiger partial charge in [-0.25, -0.2) is 4.68 Å². The fourth-order valence-corrected chi connectivity index (χ4v) is 3.37. The van der Waals surface area contributed by atoms with Crippen LogP contribution in [0.15, 0.2) is 48.5 Å². The van der Waals surface area contributed by atoms with Crippen LogP contribution in [0.3, 0.4) is 0 Å². The normalized spacial score (nSPS) is 12.7. The van der Waals surface area contributed by atoms with E-state index in [1.54, 1.807) is 7.11 Å². The molecular formula is C21H23N3O. The number of aromatic nitrogens is 2. The van der Waals surface area contributed by atoms with E-state index in [9.17, 15) is 0 Å². The summed E-state index contributed by atoms with van der Waals surface area (Å²) in [6, 6.07) is 16.8. The molecule has 2 aromatic carbocycles. The van der Waals surface area contributed by atoms with Crippen molar-refractivity contribution in [3.05, 3.63) is 70.9 Å². The molecule has 4 rings (SSSR count). The number of benzene rings is 2. The van der Waals surface area contributed by atoms with Crippen LogP contribution in [-0.2, 0) is 19.3 Å². The van der Waals surface area contributed by atoms with Gasteiger partial charge in [-0.3, -0.25) is 0 Å². The zero-order chi connectivity index (χ0) is 17.2. The summed E-state index contributed by atoms with van der Waals surface area (Å²) in [4.78, 5) is 0. The third-order valence-electron chi connectivity index (χ3n) is 4.82. The maximum absolute atomic E-state index is 5.23. The standard InChI is InChI=1S/C21H23N3O/c1-15-3-8-17(9-4-15)24-21-19(13-14-22-21)20(23-24)12-7-16-5-10-18(25-2)11-6-16/h3-6,8-11,22H,7,12-14H2,1-2H3. The second-order valence-electron chi connectivity index (χ2n) is 6.55. The monoisotopic (exact) mass is 333 g/mol. The highest BCUT2D eigenvalue weighted by Gasteiger charge is 2.22. The van der Waals surface area contributed by atoms with E-state index < -0.39 is 0 Å². The lowest BCUT2D eigenvalue weighted by Gasteiger charge is -2.06. The molecule has 0 atom stereocenters. The molecule has 128 valence electrons. The van der Waals surface area contributed by atoms with E-state index in [0.717, 1.165) is 43.1 Å². The molecule has 4 nitrogen and oxygen atoms in total. The smallest absolute Gasteiger partial charge is 0.133 e. The van der Waals surface area contributed by atoms with Crippen molar-refractivity contribution in [2.45, 2.75) is 26.2 Å². The van der Waals surface area contributed by atoms with Gasteiger partial charge in [-0.1, -0.05) is 29.8 Å². The molecule has 1 N–H and O–H groups in total. The zero-order valence-corrected chi connectivity index (χ0v) is 14.7. The van der Waals surface area contributed by atoms with Gasteiger partial charge in [0.25, 0.3) is 0 Å². The highest BCUT2D eigenvalue weighted by atomic mass is 16.5. The van der Waals surface area contributed by atoms with Crippen molar-refractivity contribution in [3.63, 3.8) is 0 Å². The van der Waals surface area contributed by atoms with Crippen LogP contribution in [0.25, 0.3) is 5.69 Å². The van der Waals surface area contributed by atoms with E-state index >= 15 is 0 Å². The van der Waals surface area contributed by atoms with Crippen LogP contribution >= 0.6 is 0 Å². The first kappa shape index (κ1) is 15.8. The SMILES string of the molecule is COc1ccc(CCc2nn(-c3ccc(C)cc3)c3c2CCN3)cc1. The topological polar surface area (TPSA) is 39.1 Å². The largest absolute Gasteiger partial charge is 0.497 e. The Labute approximate surface area is 148 Å². The van der Waals surface area contributed by atoms with Gasteiger partial charge in [0.05, 0.1) is 18.5 Å². The number of nitrogens with zero attached hydrogens (tertiary/aromatic N) is 2. The van der Waals surface area contributed by atoms with Gasteiger partial charge in [0.15, 0.2) is 0 Å². The summed E-state index contributed by atoms with van der Waals surface area (Å²) in [6.45, 7) is 3.10. The Balaban J connectivity index is 1.57. The summed E-state index contributed by atoms with van der Waals surface area (Å²) >= 11 is 0. The van der Waals surface area contributed by atoms with Gasteiger partial charge in [-0.05, 0) is 56.0 Å². The summed E-state index contributed by atoms with van der Waals surface area (Å²) in [6.07, 6.45) is 3.00. The van der Waals surface area contributed by atoms with Crippen molar-refractivity contribution in [2.24, 2.45) is 0 Å². The number of hydrogen-bond acceptors (Lipinski definition) is 3. The van der Waals surface area contributed by atoms with Crippen molar-refractivity contribution in [3.8, 4) is 11.4 Å². The molecule has 0 radical (unpaired) electrons. The number of fused-ring (bicyclic) bond motifs is 1. The van der Waals surface area contributed by atoms with E-state index in [1.165, 1.54) is 22.4 Å². The maximum atomic E-state index is 5.23. The first-order valence-corrected chi connectivity index (χ1v) is 8.79. The lowest BCUT2D eigenvalue weighted by molar-refractivity contribution is 0.414.